The van der Waals surface area contributed by atoms with Crippen LogP contribution in [-0.2, 0) is 139 Å². The molecular formula is C46H66N2O43S4-6. The molecular weight excluding hydrogens is 1400 g/mol. The van der Waals surface area contributed by atoms with Crippen molar-refractivity contribution in [2.45, 2.75) is 173 Å². The normalized spacial score (nSPS) is 39.3. The van der Waals surface area contributed by atoms with Gasteiger partial charge in [0.05, 0.1) is 56.8 Å². The lowest BCUT2D eigenvalue weighted by atomic mass is 9.91. The Bertz CT molecular complexity index is 3050. The summed E-state index contributed by atoms with van der Waals surface area (Å²) in [4.78, 5) is 43.9. The minimum Gasteiger partial charge on any atom is -0.726 e. The van der Waals surface area contributed by atoms with E-state index < -0.39 is 251 Å². The summed E-state index contributed by atoms with van der Waals surface area (Å²) < 4.78 is 212. The predicted octanol–water partition coefficient (Wildman–Crippen LogP) is -14.1. The second kappa shape index (κ2) is 36.8. The molecule has 0 bridgehead atoms. The van der Waals surface area contributed by atoms with E-state index in [0.717, 1.165) is 20.4 Å². The molecule has 6 aliphatic heterocycles. The quantitative estimate of drug-likeness (QED) is 0.00639. The molecule has 49 heteroatoms. The molecule has 10 N–H and O–H groups in total. The number of nitrogens with two attached hydrogens (primary N) is 1. The number of carbonyl (C=O) groups excluding carboxylic acids is 3. The SMILES string of the molecule is C#CCO/N=C\[C@@H]1O[C@H](COS(=O)(=O)[O-])[C@H](O[C@@H]2OC(C(=O)[O-])[C@@H](O[C@H]3OC(COS(=O)(=O)[O-])[C@@H](OC)[C@H](O)C3C)[C@H](O)C2O)C1O.C#CCON.CO[C@@H]1C(COS(=O)(=O)[O-])O[C@H](O[C@@H]2C(C(=O)[O-])O[C@@H](O[C@@H]3C(O)[C@H](C=O)O[C@@H]3COS(=O)(=O)[O-])C(O)[C@H]2O)C(C)[C@H]1O. The molecule has 45 nitrogen and oxygen atoms in total. The fraction of sp³-hybridized carbons (Fsp3) is 0.826. The van der Waals surface area contributed by atoms with Crippen LogP contribution in [0.4, 0.5) is 0 Å². The van der Waals surface area contributed by atoms with Crippen LogP contribution in [0, 0.1) is 36.5 Å². The van der Waals surface area contributed by atoms with E-state index in [0.29, 0.717) is 0 Å². The van der Waals surface area contributed by atoms with Crippen LogP contribution in [0.3, 0.4) is 0 Å². The lowest BCUT2D eigenvalue weighted by Gasteiger charge is -2.48. The van der Waals surface area contributed by atoms with Crippen LogP contribution >= 0.6 is 0 Å². The van der Waals surface area contributed by atoms with Crippen LogP contribution in [0.15, 0.2) is 5.16 Å². The first-order valence-electron chi connectivity index (χ1n) is 26.8. The Labute approximate surface area is 539 Å². The maximum Gasteiger partial charge on any atom is 0.217 e. The van der Waals surface area contributed by atoms with Gasteiger partial charge in [-0.15, -0.1) is 12.8 Å². The van der Waals surface area contributed by atoms with E-state index in [1.807, 2.05) is 0 Å². The summed E-state index contributed by atoms with van der Waals surface area (Å²) >= 11 is 0. The Kier molecular flexibility index (Phi) is 32.2. The molecule has 6 aliphatic rings. The van der Waals surface area contributed by atoms with Crippen molar-refractivity contribution in [3.63, 3.8) is 0 Å². The zero-order chi connectivity index (χ0) is 71.8. The number of hydrogen-bond acceptors (Lipinski definition) is 45. The topological polar surface area (TPSA) is 692 Å². The van der Waals surface area contributed by atoms with Gasteiger partial charge in [-0.3, -0.25) is 21.6 Å². The monoisotopic (exact) mass is 1460 g/mol. The molecule has 10 unspecified atom stereocenters. The minimum absolute atomic E-state index is 0.103. The first kappa shape index (κ1) is 83.2. The number of terminal acetylenes is 2. The highest BCUT2D eigenvalue weighted by Gasteiger charge is 2.56. The van der Waals surface area contributed by atoms with Gasteiger partial charge in [-0.25, -0.2) is 39.6 Å². The van der Waals surface area contributed by atoms with Crippen molar-refractivity contribution in [1.29, 1.82) is 0 Å². The number of carboxylic acids is 2. The highest BCUT2D eigenvalue weighted by molar-refractivity contribution is 7.81. The number of hydrogen-bond donors (Lipinski definition) is 9. The van der Waals surface area contributed by atoms with Crippen molar-refractivity contribution in [2.75, 3.05) is 53.9 Å². The first-order chi connectivity index (χ1) is 44.2. The predicted molar refractivity (Wildman–Crippen MR) is 280 cm³/mol. The Morgan fingerprint density at radius 2 is 0.811 bits per heavy atom. The third-order valence-electron chi connectivity index (χ3n) is 14.2. The fourth-order valence-corrected chi connectivity index (χ4v) is 10.9. The van der Waals surface area contributed by atoms with Gasteiger partial charge in [0.25, 0.3) is 0 Å². The fourth-order valence-electron chi connectivity index (χ4n) is 9.67. The number of carbonyl (C=O) groups is 3. The van der Waals surface area contributed by atoms with Crippen LogP contribution in [0.1, 0.15) is 13.8 Å². The zero-order valence-corrected chi connectivity index (χ0v) is 52.5. The molecule has 0 saturated carbocycles. The summed E-state index contributed by atoms with van der Waals surface area (Å²) in [5, 5.41) is 113. The van der Waals surface area contributed by atoms with Crippen LogP contribution < -0.4 is 16.1 Å². The maximum absolute atomic E-state index is 12.1. The van der Waals surface area contributed by atoms with E-state index in [9.17, 15) is 117 Å². The van der Waals surface area contributed by atoms with Gasteiger partial charge in [0.15, 0.2) is 38.1 Å². The molecule has 0 spiro atoms. The molecule has 95 heavy (non-hydrogen) atoms. The van der Waals surface area contributed by atoms with Crippen molar-refractivity contribution in [1.82, 2.24) is 0 Å². The summed E-state index contributed by atoms with van der Waals surface area (Å²) in [6.45, 7) is -1.41. The van der Waals surface area contributed by atoms with Gasteiger partial charge in [-0.2, -0.15) is 0 Å². The second-order valence-corrected chi connectivity index (χ2v) is 24.7. The van der Waals surface area contributed by atoms with E-state index in [-0.39, 0.29) is 19.5 Å². The van der Waals surface area contributed by atoms with E-state index in [4.69, 9.17) is 68.1 Å². The lowest BCUT2D eigenvalue weighted by molar-refractivity contribution is -0.376. The van der Waals surface area contributed by atoms with Gasteiger partial charge < -0.3 is 145 Å². The maximum atomic E-state index is 12.1. The highest BCUT2D eigenvalue weighted by Crippen LogP contribution is 2.37. The summed E-state index contributed by atoms with van der Waals surface area (Å²) in [7, 11) is -18.7. The summed E-state index contributed by atoms with van der Waals surface area (Å²) in [6.07, 6.45) is -36.1. The van der Waals surface area contributed by atoms with E-state index >= 15 is 0 Å². The average Bonchev–Trinajstić information content (AvgIpc) is 1.48. The number of rotatable bonds is 29. The zero-order valence-electron chi connectivity index (χ0n) is 49.2. The number of methoxy groups -OCH3 is 2. The molecule has 548 valence electrons. The van der Waals surface area contributed by atoms with Gasteiger partial charge in [-0.1, -0.05) is 30.8 Å². The summed E-state index contributed by atoms with van der Waals surface area (Å²) in [5.41, 5.74) is 0. The van der Waals surface area contributed by atoms with E-state index in [1.165, 1.54) is 13.8 Å². The van der Waals surface area contributed by atoms with E-state index in [1.54, 1.807) is 0 Å². The number of oxime groups is 1. The third-order valence-corrected chi connectivity index (χ3v) is 15.9. The Morgan fingerprint density at radius 1 is 0.484 bits per heavy atom. The molecule has 6 heterocycles. The van der Waals surface area contributed by atoms with Crippen molar-refractivity contribution < 1.29 is 201 Å². The molecule has 0 aliphatic carbocycles. The molecule has 0 aromatic heterocycles. The molecule has 0 aromatic rings. The second-order valence-electron chi connectivity index (χ2n) is 20.5. The Hall–Kier alpha value is -4.20. The minimum atomic E-state index is -5.28. The van der Waals surface area contributed by atoms with Crippen molar-refractivity contribution in [3.05, 3.63) is 0 Å². The van der Waals surface area contributed by atoms with Crippen molar-refractivity contribution in [2.24, 2.45) is 22.9 Å². The van der Waals surface area contributed by atoms with Gasteiger partial charge in [0.2, 0.25) is 41.6 Å². The largest absolute Gasteiger partial charge is 0.726 e. The standard InChI is InChI=1S/C23H35NO21S2.C20H32O21S2.C3H5NO/c1-4-5-38-24-6-10-14(26)18(12(41-10)8-40-47(34,35)36)43-23-16(28)15(27)19(20(45-23)21(29)30)44-22-9(2)13(25)17(37-3)11(42-22)7-39-46(31,32)33;1-6-10(22)14(34-2)8(4-35-42(28,29)30)38-19(6)40-16-12(24)13(25)20(41-17(16)18(26)27)39-15-9(5-36-43(31,32)33)37-7(3-21)11(15)23;1-2-3-5-4/h1,6,9-20,22-23,25-28H,5,7-8H2,2-3H3,(H,29,30)(H,31,32,33)(H,34,35,36);3,6-17,19-20,22-25H,4-5H2,1-2H3,(H,26,27)(H,28,29,30)(H,31,32,33);1H,3-4H2/p-6/b24-6-;;/t9?,10-,11?,12+,13+,14?,15+,16?,17+,18-,19-,20?,22+,23+;6?,7-,8?,9+,10+,11?,12+,13?,14+,15-,16-,17?,19+,20+;/m00./s1. The molecule has 6 saturated heterocycles. The molecule has 6 fully saturated rings. The van der Waals surface area contributed by atoms with Gasteiger partial charge in [0, 0.05) is 26.1 Å². The molecule has 0 aromatic carbocycles. The van der Waals surface area contributed by atoms with Crippen LogP contribution in [0.5, 0.6) is 0 Å². The van der Waals surface area contributed by atoms with E-state index in [2.05, 4.69) is 50.9 Å². The number of aldehydes is 1. The molecule has 6 rings (SSSR count). The molecule has 0 radical (unpaired) electrons. The van der Waals surface area contributed by atoms with Gasteiger partial charge in [0.1, 0.15) is 129 Å². The smallest absolute Gasteiger partial charge is 0.217 e. The number of carboxylic acid groups (broad SMARTS) is 2. The number of aliphatic hydroxyl groups is 8. The van der Waals surface area contributed by atoms with Gasteiger partial charge >= 0.3 is 0 Å². The number of nitrogens with zero attached hydrogens (tertiary/aromatic N) is 1. The lowest BCUT2D eigenvalue weighted by Crippen LogP contribution is -2.66. The van der Waals surface area contributed by atoms with Crippen LogP contribution in [0.25, 0.3) is 0 Å². The Balaban J connectivity index is 0.000000378. The van der Waals surface area contributed by atoms with Crippen molar-refractivity contribution >= 4 is 66.0 Å². The van der Waals surface area contributed by atoms with Gasteiger partial charge in [-0.05, 0) is 0 Å². The summed E-state index contributed by atoms with van der Waals surface area (Å²) in [5.74, 6) is 2.56. The Morgan fingerprint density at radius 3 is 1.11 bits per heavy atom. The highest BCUT2D eigenvalue weighted by atomic mass is 32.3. The molecule has 0 amide bonds. The van der Waals surface area contributed by atoms with Crippen LogP contribution in [0.2, 0.25) is 0 Å². The number of aliphatic carboxylic acids is 2. The van der Waals surface area contributed by atoms with Crippen molar-refractivity contribution in [3.8, 4) is 24.7 Å². The summed E-state index contributed by atoms with van der Waals surface area (Å²) in [6, 6.07) is 0. The van der Waals surface area contributed by atoms with Crippen LogP contribution in [-0.4, -0.2) is 330 Å². The molecule has 28 atom stereocenters. The first-order valence-corrected chi connectivity index (χ1v) is 32.2. The number of aliphatic hydroxyl groups excluding tert-OH is 8. The average molecular weight is 1460 g/mol. The number of ether oxygens (including phenoxy) is 12. The third kappa shape index (κ3) is 24.0.